The molecule has 1 saturated heterocycles. The number of aromatic nitrogens is 6. The number of alkyl halides is 3. The van der Waals surface area contributed by atoms with Crippen molar-refractivity contribution in [3.63, 3.8) is 0 Å². The van der Waals surface area contributed by atoms with Gasteiger partial charge in [0.1, 0.15) is 11.6 Å². The number of halogens is 3. The Bertz CT molecular complexity index is 1110. The number of fused-ring (bicyclic) bond motifs is 1. The van der Waals surface area contributed by atoms with Crippen molar-refractivity contribution in [1.29, 1.82) is 0 Å². The number of H-pyrrole nitrogens is 1. The molecule has 3 aromatic heterocycles. The minimum atomic E-state index is -4.66. The van der Waals surface area contributed by atoms with Crippen LogP contribution in [0.15, 0.2) is 27.8 Å². The van der Waals surface area contributed by atoms with Crippen LogP contribution in [-0.4, -0.2) is 55.5 Å². The number of nitrogens with zero attached hydrogens (tertiary/aromatic N) is 7. The topological polar surface area (TPSA) is 104 Å². The van der Waals surface area contributed by atoms with E-state index in [9.17, 15) is 22.8 Å². The summed E-state index contributed by atoms with van der Waals surface area (Å²) in [5, 5.41) is 10.7. The maximum absolute atomic E-state index is 13.0. The number of piperazine rings is 1. The summed E-state index contributed by atoms with van der Waals surface area (Å²) in [5.41, 5.74) is -0.919. The molecule has 4 heterocycles. The van der Waals surface area contributed by atoms with Crippen LogP contribution in [0.4, 0.5) is 24.8 Å². The first-order chi connectivity index (χ1) is 13.2. The Morgan fingerprint density at radius 2 is 1.71 bits per heavy atom. The van der Waals surface area contributed by atoms with Crippen molar-refractivity contribution >= 4 is 17.3 Å². The van der Waals surface area contributed by atoms with Crippen molar-refractivity contribution in [2.45, 2.75) is 6.18 Å². The standard InChI is InChI=1S/C15H15F3N8O2/c1-23-12(27)8-11(19-14(23)28)25-6-4-24(5-7-25)10-3-2-9-20-21-13(15(16,17)18)26(9)22-10/h2-3,8H,4-7H2,1H3,(H,19,28). The van der Waals surface area contributed by atoms with E-state index in [2.05, 4.69) is 20.3 Å². The molecule has 0 atom stereocenters. The highest BCUT2D eigenvalue weighted by Gasteiger charge is 2.37. The van der Waals surface area contributed by atoms with Gasteiger partial charge < -0.3 is 9.80 Å². The van der Waals surface area contributed by atoms with Crippen LogP contribution in [0.25, 0.3) is 5.65 Å². The van der Waals surface area contributed by atoms with E-state index in [0.717, 1.165) is 4.57 Å². The fourth-order valence-corrected chi connectivity index (χ4v) is 3.01. The van der Waals surface area contributed by atoms with Crippen molar-refractivity contribution in [2.75, 3.05) is 36.0 Å². The van der Waals surface area contributed by atoms with E-state index in [0.29, 0.717) is 42.3 Å². The third-order valence-corrected chi connectivity index (χ3v) is 4.58. The lowest BCUT2D eigenvalue weighted by Gasteiger charge is -2.36. The number of hydrogen-bond donors (Lipinski definition) is 1. The summed E-state index contributed by atoms with van der Waals surface area (Å²) in [6.45, 7) is 1.80. The lowest BCUT2D eigenvalue weighted by atomic mass is 10.3. The van der Waals surface area contributed by atoms with Gasteiger partial charge in [-0.25, -0.2) is 4.79 Å². The molecule has 0 aromatic carbocycles. The first kappa shape index (κ1) is 18.0. The molecule has 10 nitrogen and oxygen atoms in total. The lowest BCUT2D eigenvalue weighted by molar-refractivity contribution is -0.146. The second kappa shape index (κ2) is 6.35. The molecule has 13 heteroatoms. The fourth-order valence-electron chi connectivity index (χ4n) is 3.01. The van der Waals surface area contributed by atoms with E-state index in [1.165, 1.54) is 19.2 Å². The van der Waals surface area contributed by atoms with Crippen LogP contribution in [0.2, 0.25) is 0 Å². The number of anilines is 2. The number of hydrogen-bond acceptors (Lipinski definition) is 7. The molecule has 0 aliphatic carbocycles. The van der Waals surface area contributed by atoms with Gasteiger partial charge in [-0.3, -0.25) is 14.3 Å². The zero-order chi connectivity index (χ0) is 20.1. The summed E-state index contributed by atoms with van der Waals surface area (Å²) in [5.74, 6) is -0.412. The van der Waals surface area contributed by atoms with Crippen LogP contribution in [0, 0.1) is 0 Å². The molecule has 1 aliphatic heterocycles. The zero-order valence-electron chi connectivity index (χ0n) is 14.6. The van der Waals surface area contributed by atoms with Crippen molar-refractivity contribution in [1.82, 2.24) is 29.4 Å². The first-order valence-electron chi connectivity index (χ1n) is 8.34. The maximum atomic E-state index is 13.0. The third kappa shape index (κ3) is 3.08. The van der Waals surface area contributed by atoms with Gasteiger partial charge in [-0.1, -0.05) is 0 Å². The molecule has 1 aliphatic rings. The molecule has 0 unspecified atom stereocenters. The van der Waals surface area contributed by atoms with Gasteiger partial charge in [-0.15, -0.1) is 15.3 Å². The highest BCUT2D eigenvalue weighted by molar-refractivity contribution is 5.48. The Kier molecular flexibility index (Phi) is 4.08. The molecule has 0 spiro atoms. The monoisotopic (exact) mass is 396 g/mol. The van der Waals surface area contributed by atoms with E-state index in [1.54, 1.807) is 6.07 Å². The van der Waals surface area contributed by atoms with Gasteiger partial charge in [0, 0.05) is 39.3 Å². The number of aromatic amines is 1. The Labute approximate surface area is 154 Å². The molecule has 1 N–H and O–H groups in total. The van der Waals surface area contributed by atoms with Crippen LogP contribution in [0.3, 0.4) is 0 Å². The third-order valence-electron chi connectivity index (χ3n) is 4.58. The predicted octanol–water partition coefficient (Wildman–Crippen LogP) is -0.143. The molecule has 0 saturated carbocycles. The summed E-state index contributed by atoms with van der Waals surface area (Å²) in [6.07, 6.45) is -4.66. The van der Waals surface area contributed by atoms with Crippen molar-refractivity contribution < 1.29 is 13.2 Å². The lowest BCUT2D eigenvalue weighted by Crippen LogP contribution is -2.48. The van der Waals surface area contributed by atoms with E-state index in [4.69, 9.17) is 0 Å². The summed E-state index contributed by atoms with van der Waals surface area (Å²) in [6, 6.07) is 4.35. The molecule has 28 heavy (non-hydrogen) atoms. The van der Waals surface area contributed by atoms with Crippen molar-refractivity contribution in [2.24, 2.45) is 7.05 Å². The molecular formula is C15H15F3N8O2. The Morgan fingerprint density at radius 1 is 1.04 bits per heavy atom. The molecule has 0 bridgehead atoms. The first-order valence-corrected chi connectivity index (χ1v) is 8.34. The van der Waals surface area contributed by atoms with Gasteiger partial charge in [0.05, 0.1) is 0 Å². The van der Waals surface area contributed by atoms with Crippen LogP contribution < -0.4 is 21.0 Å². The Hall–Kier alpha value is -3.38. The molecular weight excluding hydrogens is 381 g/mol. The highest BCUT2D eigenvalue weighted by atomic mass is 19.4. The molecule has 4 rings (SSSR count). The minimum Gasteiger partial charge on any atom is -0.354 e. The molecule has 0 amide bonds. The van der Waals surface area contributed by atoms with E-state index in [1.807, 2.05) is 9.80 Å². The second-order valence-corrected chi connectivity index (χ2v) is 6.31. The van der Waals surface area contributed by atoms with E-state index in [-0.39, 0.29) is 5.65 Å². The summed E-state index contributed by atoms with van der Waals surface area (Å²) in [7, 11) is 1.38. The summed E-state index contributed by atoms with van der Waals surface area (Å²) in [4.78, 5) is 29.8. The van der Waals surface area contributed by atoms with E-state index < -0.39 is 23.2 Å². The van der Waals surface area contributed by atoms with Crippen LogP contribution in [-0.2, 0) is 13.2 Å². The SMILES string of the molecule is Cn1c(=O)cc(N2CCN(c3ccc4nnc(C(F)(F)F)n4n3)CC2)[nH]c1=O. The minimum absolute atomic E-state index is 0.00687. The van der Waals surface area contributed by atoms with Gasteiger partial charge in [-0.2, -0.15) is 17.7 Å². The maximum Gasteiger partial charge on any atom is 0.453 e. The molecule has 1 fully saturated rings. The van der Waals surface area contributed by atoms with Gasteiger partial charge in [0.25, 0.3) is 11.4 Å². The highest BCUT2D eigenvalue weighted by Crippen LogP contribution is 2.28. The zero-order valence-corrected chi connectivity index (χ0v) is 14.6. The fraction of sp³-hybridized carbons (Fsp3) is 0.400. The van der Waals surface area contributed by atoms with Gasteiger partial charge in [0.2, 0.25) is 0 Å². The largest absolute Gasteiger partial charge is 0.453 e. The Balaban J connectivity index is 1.55. The molecule has 148 valence electrons. The number of rotatable bonds is 2. The van der Waals surface area contributed by atoms with E-state index >= 15 is 0 Å². The Morgan fingerprint density at radius 3 is 2.36 bits per heavy atom. The smallest absolute Gasteiger partial charge is 0.354 e. The predicted molar refractivity (Wildman–Crippen MR) is 92.5 cm³/mol. The summed E-state index contributed by atoms with van der Waals surface area (Å²) < 4.78 is 40.7. The van der Waals surface area contributed by atoms with Crippen molar-refractivity contribution in [3.8, 4) is 0 Å². The molecule has 0 radical (unpaired) electrons. The quantitative estimate of drug-likeness (QED) is 0.643. The van der Waals surface area contributed by atoms with Gasteiger partial charge >= 0.3 is 11.9 Å². The normalized spacial score (nSPS) is 15.4. The van der Waals surface area contributed by atoms with Crippen LogP contribution in [0.5, 0.6) is 0 Å². The van der Waals surface area contributed by atoms with Crippen molar-refractivity contribution in [3.05, 3.63) is 44.9 Å². The second-order valence-electron chi connectivity index (χ2n) is 6.31. The summed E-state index contributed by atoms with van der Waals surface area (Å²) >= 11 is 0. The number of nitrogens with one attached hydrogen (secondary N) is 1. The van der Waals surface area contributed by atoms with Crippen LogP contribution >= 0.6 is 0 Å². The average Bonchev–Trinajstić information content (AvgIpc) is 3.09. The van der Waals surface area contributed by atoms with Crippen LogP contribution in [0.1, 0.15) is 5.82 Å². The average molecular weight is 396 g/mol. The molecule has 3 aromatic rings. The van der Waals surface area contributed by atoms with Gasteiger partial charge in [0.15, 0.2) is 5.65 Å². The van der Waals surface area contributed by atoms with Gasteiger partial charge in [-0.05, 0) is 12.1 Å².